The van der Waals surface area contributed by atoms with Crippen molar-refractivity contribution in [3.63, 3.8) is 0 Å². The first-order valence-electron chi connectivity index (χ1n) is 10.00. The number of pyridine rings is 1. The molecule has 1 atom stereocenters. The molecule has 1 aromatic heterocycles. The minimum atomic E-state index is -1.75. The SMILES string of the molecule is CC1=NC(N2CCN(C(=O)c3ccc(OC4CCCC4)nc3)CC2)=NC(=O)C1F. The van der Waals surface area contributed by atoms with Crippen LogP contribution in [-0.4, -0.2) is 76.7 Å². The predicted molar refractivity (Wildman–Crippen MR) is 105 cm³/mol. The van der Waals surface area contributed by atoms with Crippen molar-refractivity contribution < 1.29 is 18.7 Å². The zero-order chi connectivity index (χ0) is 20.4. The van der Waals surface area contributed by atoms with Crippen LogP contribution < -0.4 is 4.74 Å². The molecule has 1 saturated carbocycles. The Labute approximate surface area is 168 Å². The summed E-state index contributed by atoms with van der Waals surface area (Å²) in [6, 6.07) is 3.49. The zero-order valence-corrected chi connectivity index (χ0v) is 16.4. The van der Waals surface area contributed by atoms with Crippen LogP contribution in [0, 0.1) is 0 Å². The third-order valence-corrected chi connectivity index (χ3v) is 5.49. The summed E-state index contributed by atoms with van der Waals surface area (Å²) in [5, 5.41) is 0. The van der Waals surface area contributed by atoms with Gasteiger partial charge in [-0.25, -0.2) is 14.4 Å². The van der Waals surface area contributed by atoms with Gasteiger partial charge in [0.25, 0.3) is 11.8 Å². The molecule has 0 bridgehead atoms. The first-order valence-corrected chi connectivity index (χ1v) is 10.00. The molecule has 4 rings (SSSR count). The Hall–Kier alpha value is -2.84. The highest BCUT2D eigenvalue weighted by atomic mass is 19.1. The number of carbonyl (C=O) groups is 2. The van der Waals surface area contributed by atoms with Crippen molar-refractivity contribution in [2.45, 2.75) is 44.9 Å². The van der Waals surface area contributed by atoms with E-state index >= 15 is 0 Å². The second-order valence-electron chi connectivity index (χ2n) is 7.55. The van der Waals surface area contributed by atoms with Gasteiger partial charge in [0.05, 0.1) is 11.3 Å². The maximum absolute atomic E-state index is 13.5. The summed E-state index contributed by atoms with van der Waals surface area (Å²) < 4.78 is 19.4. The van der Waals surface area contributed by atoms with Crippen LogP contribution in [-0.2, 0) is 4.79 Å². The van der Waals surface area contributed by atoms with Crippen LogP contribution >= 0.6 is 0 Å². The Kier molecular flexibility index (Phi) is 5.55. The predicted octanol–water partition coefficient (Wildman–Crippen LogP) is 1.86. The van der Waals surface area contributed by atoms with E-state index < -0.39 is 12.1 Å². The van der Waals surface area contributed by atoms with Gasteiger partial charge < -0.3 is 14.5 Å². The second-order valence-corrected chi connectivity index (χ2v) is 7.55. The minimum Gasteiger partial charge on any atom is -0.474 e. The normalized spacial score (nSPS) is 23.1. The lowest BCUT2D eigenvalue weighted by atomic mass is 10.2. The summed E-state index contributed by atoms with van der Waals surface area (Å²) in [6.45, 7) is 3.34. The molecule has 2 amide bonds. The second kappa shape index (κ2) is 8.26. The van der Waals surface area contributed by atoms with E-state index in [4.69, 9.17) is 4.74 Å². The van der Waals surface area contributed by atoms with Crippen LogP contribution in [0.4, 0.5) is 4.39 Å². The van der Waals surface area contributed by atoms with E-state index in [1.54, 1.807) is 28.1 Å². The molecule has 1 saturated heterocycles. The molecule has 1 aromatic rings. The van der Waals surface area contributed by atoms with Gasteiger partial charge in [0.2, 0.25) is 18.0 Å². The molecule has 0 spiro atoms. The number of rotatable bonds is 3. The molecule has 1 unspecified atom stereocenters. The van der Waals surface area contributed by atoms with Crippen molar-refractivity contribution in [2.75, 3.05) is 26.2 Å². The van der Waals surface area contributed by atoms with Gasteiger partial charge in [-0.3, -0.25) is 9.59 Å². The average molecular weight is 401 g/mol. The smallest absolute Gasteiger partial charge is 0.289 e. The number of ether oxygens (including phenoxy) is 1. The fourth-order valence-corrected chi connectivity index (χ4v) is 3.76. The van der Waals surface area contributed by atoms with Crippen molar-refractivity contribution >= 4 is 23.5 Å². The molecule has 29 heavy (non-hydrogen) atoms. The molecular weight excluding hydrogens is 377 g/mol. The Morgan fingerprint density at radius 1 is 1.14 bits per heavy atom. The monoisotopic (exact) mass is 401 g/mol. The first-order chi connectivity index (χ1) is 14.0. The lowest BCUT2D eigenvalue weighted by Gasteiger charge is -2.35. The quantitative estimate of drug-likeness (QED) is 0.772. The number of hydrogen-bond acceptors (Lipinski definition) is 6. The summed E-state index contributed by atoms with van der Waals surface area (Å²) in [5.41, 5.74) is 0.626. The summed E-state index contributed by atoms with van der Waals surface area (Å²) in [5.74, 6) is -0.145. The molecule has 1 aliphatic carbocycles. The molecule has 154 valence electrons. The highest BCUT2D eigenvalue weighted by Crippen LogP contribution is 2.23. The van der Waals surface area contributed by atoms with Gasteiger partial charge in [0.1, 0.15) is 6.10 Å². The fourth-order valence-electron chi connectivity index (χ4n) is 3.76. The molecule has 0 aromatic carbocycles. The Balaban J connectivity index is 1.33. The Bertz CT molecular complexity index is 840. The largest absolute Gasteiger partial charge is 0.474 e. The standard InChI is InChI=1S/C20H24FN5O3/c1-13-17(21)18(27)24-20(23-13)26-10-8-25(9-11-26)19(28)14-6-7-16(22-12-14)29-15-4-2-3-5-15/h6-7,12,15,17H,2-5,8-11H2,1H3. The molecule has 0 N–H and O–H groups in total. The number of amides is 2. The van der Waals surface area contributed by atoms with Crippen molar-refractivity contribution in [3.05, 3.63) is 23.9 Å². The van der Waals surface area contributed by atoms with Gasteiger partial charge in [-0.05, 0) is 38.7 Å². The van der Waals surface area contributed by atoms with Crippen molar-refractivity contribution in [3.8, 4) is 5.88 Å². The maximum atomic E-state index is 13.5. The molecule has 2 fully saturated rings. The van der Waals surface area contributed by atoms with E-state index in [9.17, 15) is 14.0 Å². The highest BCUT2D eigenvalue weighted by molar-refractivity contribution is 6.16. The van der Waals surface area contributed by atoms with Crippen LogP contribution in [0.25, 0.3) is 0 Å². The van der Waals surface area contributed by atoms with Gasteiger partial charge in [-0.15, -0.1) is 0 Å². The Morgan fingerprint density at radius 3 is 2.48 bits per heavy atom. The molecule has 2 aliphatic heterocycles. The highest BCUT2D eigenvalue weighted by Gasteiger charge is 2.30. The van der Waals surface area contributed by atoms with E-state index in [0.717, 1.165) is 12.8 Å². The number of aromatic nitrogens is 1. The summed E-state index contributed by atoms with van der Waals surface area (Å²) >= 11 is 0. The third kappa shape index (κ3) is 4.28. The molecular formula is C20H24FN5O3. The summed E-state index contributed by atoms with van der Waals surface area (Å²) in [4.78, 5) is 40.0. The Morgan fingerprint density at radius 2 is 1.86 bits per heavy atom. The van der Waals surface area contributed by atoms with E-state index in [2.05, 4.69) is 15.0 Å². The van der Waals surface area contributed by atoms with Crippen molar-refractivity contribution in [1.82, 2.24) is 14.8 Å². The van der Waals surface area contributed by atoms with Crippen LogP contribution in [0.15, 0.2) is 28.3 Å². The van der Waals surface area contributed by atoms with Gasteiger partial charge in [0.15, 0.2) is 0 Å². The maximum Gasteiger partial charge on any atom is 0.289 e. The number of aliphatic imine (C=N–C) groups is 2. The average Bonchev–Trinajstić information content (AvgIpc) is 3.25. The number of halogens is 1. The fraction of sp³-hybridized carbons (Fsp3) is 0.550. The third-order valence-electron chi connectivity index (χ3n) is 5.49. The van der Waals surface area contributed by atoms with Gasteiger partial charge in [-0.2, -0.15) is 4.99 Å². The number of guanidine groups is 1. The lowest BCUT2D eigenvalue weighted by molar-refractivity contribution is -0.120. The van der Waals surface area contributed by atoms with Crippen LogP contribution in [0.3, 0.4) is 0 Å². The number of carbonyl (C=O) groups excluding carboxylic acids is 2. The van der Waals surface area contributed by atoms with Crippen LogP contribution in [0.1, 0.15) is 43.0 Å². The number of nitrogens with zero attached hydrogens (tertiary/aromatic N) is 5. The van der Waals surface area contributed by atoms with E-state index in [1.165, 1.54) is 19.8 Å². The summed E-state index contributed by atoms with van der Waals surface area (Å²) in [7, 11) is 0. The van der Waals surface area contributed by atoms with E-state index in [-0.39, 0.29) is 23.7 Å². The van der Waals surface area contributed by atoms with E-state index in [0.29, 0.717) is 37.6 Å². The summed E-state index contributed by atoms with van der Waals surface area (Å²) in [6.07, 6.45) is 4.51. The van der Waals surface area contributed by atoms with Crippen molar-refractivity contribution in [2.24, 2.45) is 9.98 Å². The first kappa shape index (κ1) is 19.5. The van der Waals surface area contributed by atoms with Gasteiger partial charge in [0, 0.05) is 38.4 Å². The van der Waals surface area contributed by atoms with E-state index in [1.807, 2.05) is 0 Å². The number of piperazine rings is 1. The lowest BCUT2D eigenvalue weighted by Crippen LogP contribution is -2.51. The topological polar surface area (TPSA) is 87.5 Å². The van der Waals surface area contributed by atoms with Crippen LogP contribution in [0.2, 0.25) is 0 Å². The number of alkyl halides is 1. The number of hydrogen-bond donors (Lipinski definition) is 0. The van der Waals surface area contributed by atoms with Crippen LogP contribution in [0.5, 0.6) is 5.88 Å². The molecule has 3 heterocycles. The van der Waals surface area contributed by atoms with Crippen molar-refractivity contribution in [1.29, 1.82) is 0 Å². The molecule has 9 heteroatoms. The van der Waals surface area contributed by atoms with Gasteiger partial charge in [-0.1, -0.05) is 0 Å². The molecule has 3 aliphatic rings. The van der Waals surface area contributed by atoms with Gasteiger partial charge >= 0.3 is 0 Å². The molecule has 8 nitrogen and oxygen atoms in total. The minimum absolute atomic E-state index is 0.102. The molecule has 0 radical (unpaired) electrons. The zero-order valence-electron chi connectivity index (χ0n) is 16.4.